The number of hydrogen-bond acceptors (Lipinski definition) is 3. The van der Waals surface area contributed by atoms with Crippen LogP contribution in [0.25, 0.3) is 22.0 Å². The molecule has 0 saturated heterocycles. The summed E-state index contributed by atoms with van der Waals surface area (Å²) in [7, 11) is 0. The number of fused-ring (bicyclic) bond motifs is 2. The molecule has 38 heavy (non-hydrogen) atoms. The maximum atomic E-state index is 13.1. The first-order valence-corrected chi connectivity index (χ1v) is 14.2. The average Bonchev–Trinajstić information content (AvgIpc) is 2.95. The molecule has 2 aromatic carbocycles. The van der Waals surface area contributed by atoms with Gasteiger partial charge in [0, 0.05) is 42.7 Å². The van der Waals surface area contributed by atoms with Crippen molar-refractivity contribution in [2.75, 3.05) is 0 Å². The molecule has 3 aromatic rings. The monoisotopic (exact) mass is 689 g/mol. The summed E-state index contributed by atoms with van der Waals surface area (Å²) in [5.74, 6) is 1.04. The quantitative estimate of drug-likeness (QED) is 0.272. The number of Topliss-reactive ketones (excluding diaryl/α,β-unsaturated/α-hetero) is 1. The van der Waals surface area contributed by atoms with Crippen LogP contribution in [0.1, 0.15) is 84.6 Å². The van der Waals surface area contributed by atoms with E-state index in [0.717, 1.165) is 68.2 Å². The molecule has 1 saturated carbocycles. The van der Waals surface area contributed by atoms with Crippen molar-refractivity contribution in [3.05, 3.63) is 77.7 Å². The smallest absolute Gasteiger partial charge is 0.168 e. The molecule has 1 atom stereocenters. The SMILES string of the molecule is CCC1(CC)CCC2CCC(CC)(CC)C(O)=C2C1=O.Cc1cnc(-c2[c-]cccc2)c2ccccc12.[Ir]. The number of aromatic nitrogens is 1. The number of allylic oxidation sites excluding steroid dienone is 2. The average molecular weight is 689 g/mol. The summed E-state index contributed by atoms with van der Waals surface area (Å²) in [5, 5.41) is 13.3. The maximum Gasteiger partial charge on any atom is 0.168 e. The first-order chi connectivity index (χ1) is 17.9. The standard InChI is InChI=1S/C18H30O2.C16H12N.Ir/c1-5-17(6-2)11-9-13-10-12-18(7-3,8-4)16(20)14(13)15(17)19;1-12-11-17-16(13-7-3-2-4-8-13)15-10-6-5-9-14(12)15;/h13,19H,5-12H2,1-4H3;2-7,9-11H,1H3;/q;-1;. The van der Waals surface area contributed by atoms with Crippen LogP contribution in [0.15, 0.2) is 66.1 Å². The number of pyridine rings is 1. The van der Waals surface area contributed by atoms with E-state index in [1.165, 1.54) is 16.3 Å². The van der Waals surface area contributed by atoms with Crippen molar-refractivity contribution in [3.8, 4) is 11.3 Å². The largest absolute Gasteiger partial charge is 0.511 e. The number of aryl methyl sites for hydroxylation is 1. The van der Waals surface area contributed by atoms with Crippen LogP contribution in [-0.4, -0.2) is 15.9 Å². The number of carbonyl (C=O) groups is 1. The summed E-state index contributed by atoms with van der Waals surface area (Å²) in [6.07, 6.45) is 9.80. The second kappa shape index (κ2) is 12.7. The number of rotatable bonds is 5. The topological polar surface area (TPSA) is 50.2 Å². The van der Waals surface area contributed by atoms with Gasteiger partial charge in [-0.05, 0) is 86.2 Å². The van der Waals surface area contributed by atoms with Gasteiger partial charge in [-0.1, -0.05) is 52.0 Å². The summed E-state index contributed by atoms with van der Waals surface area (Å²) in [6.45, 7) is 10.6. The van der Waals surface area contributed by atoms with Crippen molar-refractivity contribution in [2.24, 2.45) is 16.7 Å². The fourth-order valence-corrected chi connectivity index (χ4v) is 6.58. The number of carbonyl (C=O) groups excluding carboxylic acids is 1. The van der Waals surface area contributed by atoms with Gasteiger partial charge in [-0.2, -0.15) is 0 Å². The number of aliphatic hydroxyl groups is 1. The third-order valence-corrected chi connectivity index (χ3v) is 9.50. The number of ketones is 1. The predicted molar refractivity (Wildman–Crippen MR) is 153 cm³/mol. The Hall–Kier alpha value is -2.29. The summed E-state index contributed by atoms with van der Waals surface area (Å²) in [6, 6.07) is 19.6. The Kier molecular flexibility index (Phi) is 10.1. The molecule has 2 aliphatic rings. The van der Waals surface area contributed by atoms with Crippen LogP contribution < -0.4 is 0 Å². The Morgan fingerprint density at radius 2 is 1.47 bits per heavy atom. The molecular weight excluding hydrogens is 647 g/mol. The molecule has 2 aliphatic carbocycles. The molecule has 0 bridgehead atoms. The van der Waals surface area contributed by atoms with Crippen LogP contribution in [0.3, 0.4) is 0 Å². The van der Waals surface area contributed by atoms with E-state index in [1.54, 1.807) is 0 Å². The number of hydrogen-bond donors (Lipinski definition) is 1. The zero-order valence-corrected chi connectivity index (χ0v) is 26.0. The minimum atomic E-state index is -0.204. The van der Waals surface area contributed by atoms with E-state index < -0.39 is 0 Å². The minimum Gasteiger partial charge on any atom is -0.511 e. The van der Waals surface area contributed by atoms with Gasteiger partial charge in [0.2, 0.25) is 0 Å². The van der Waals surface area contributed by atoms with Gasteiger partial charge < -0.3 is 10.1 Å². The third kappa shape index (κ3) is 5.40. The molecular formula is C34H42IrNO2-. The zero-order valence-electron chi connectivity index (χ0n) is 23.6. The Morgan fingerprint density at radius 1 is 0.895 bits per heavy atom. The fourth-order valence-electron chi connectivity index (χ4n) is 6.58. The van der Waals surface area contributed by atoms with Gasteiger partial charge in [-0.3, -0.25) is 4.79 Å². The van der Waals surface area contributed by atoms with E-state index in [9.17, 15) is 9.90 Å². The molecule has 5 rings (SSSR count). The van der Waals surface area contributed by atoms with Gasteiger partial charge in [0.15, 0.2) is 5.78 Å². The van der Waals surface area contributed by atoms with E-state index in [-0.39, 0.29) is 36.7 Å². The van der Waals surface area contributed by atoms with E-state index >= 15 is 0 Å². The second-order valence-corrected chi connectivity index (χ2v) is 11.0. The molecule has 4 heteroatoms. The molecule has 1 N–H and O–H groups in total. The van der Waals surface area contributed by atoms with Crippen molar-refractivity contribution in [3.63, 3.8) is 0 Å². The molecule has 1 fully saturated rings. The molecule has 1 aromatic heterocycles. The summed E-state index contributed by atoms with van der Waals surface area (Å²) < 4.78 is 0. The summed E-state index contributed by atoms with van der Waals surface area (Å²) in [5.41, 5.74) is 3.74. The second-order valence-electron chi connectivity index (χ2n) is 11.0. The molecule has 1 unspecified atom stereocenters. The van der Waals surface area contributed by atoms with Gasteiger partial charge in [-0.15, -0.1) is 35.9 Å². The van der Waals surface area contributed by atoms with Gasteiger partial charge in [0.1, 0.15) is 5.76 Å². The molecule has 1 radical (unpaired) electrons. The van der Waals surface area contributed by atoms with Gasteiger partial charge >= 0.3 is 0 Å². The van der Waals surface area contributed by atoms with Crippen LogP contribution >= 0.6 is 0 Å². The summed E-state index contributed by atoms with van der Waals surface area (Å²) in [4.78, 5) is 17.6. The van der Waals surface area contributed by atoms with Crippen molar-refractivity contribution >= 4 is 16.6 Å². The van der Waals surface area contributed by atoms with Gasteiger partial charge in [-0.25, -0.2) is 0 Å². The predicted octanol–water partition coefficient (Wildman–Crippen LogP) is 9.19. The van der Waals surface area contributed by atoms with Crippen LogP contribution in [0.4, 0.5) is 0 Å². The third-order valence-electron chi connectivity index (χ3n) is 9.50. The van der Waals surface area contributed by atoms with Crippen molar-refractivity contribution in [2.45, 2.75) is 86.0 Å². The molecule has 0 aliphatic heterocycles. The van der Waals surface area contributed by atoms with Gasteiger partial charge in [0.25, 0.3) is 0 Å². The summed E-state index contributed by atoms with van der Waals surface area (Å²) >= 11 is 0. The maximum absolute atomic E-state index is 13.1. The number of benzene rings is 2. The van der Waals surface area contributed by atoms with Crippen LogP contribution in [0.2, 0.25) is 0 Å². The van der Waals surface area contributed by atoms with E-state index in [1.807, 2.05) is 30.5 Å². The van der Waals surface area contributed by atoms with E-state index in [4.69, 9.17) is 0 Å². The first kappa shape index (κ1) is 30.3. The first-order valence-electron chi connectivity index (χ1n) is 14.2. The van der Waals surface area contributed by atoms with Crippen LogP contribution in [-0.2, 0) is 24.9 Å². The zero-order chi connectivity index (χ0) is 26.6. The Labute approximate surface area is 242 Å². The Bertz CT molecular complexity index is 1270. The molecule has 205 valence electrons. The van der Waals surface area contributed by atoms with Crippen LogP contribution in [0.5, 0.6) is 0 Å². The Morgan fingerprint density at radius 3 is 2.05 bits per heavy atom. The van der Waals surface area contributed by atoms with E-state index in [2.05, 4.69) is 69.9 Å². The number of aliphatic hydroxyl groups excluding tert-OH is 1. The van der Waals surface area contributed by atoms with Crippen molar-refractivity contribution in [1.82, 2.24) is 4.98 Å². The van der Waals surface area contributed by atoms with Gasteiger partial charge in [0.05, 0.1) is 0 Å². The van der Waals surface area contributed by atoms with Crippen molar-refractivity contribution < 1.29 is 30.0 Å². The molecule has 0 spiro atoms. The fraction of sp³-hybridized carbons (Fsp3) is 0.471. The normalized spacial score (nSPS) is 19.7. The minimum absolute atomic E-state index is 0. The van der Waals surface area contributed by atoms with E-state index in [0.29, 0.717) is 11.7 Å². The molecule has 1 heterocycles. The molecule has 0 amide bonds. The van der Waals surface area contributed by atoms with Crippen molar-refractivity contribution in [1.29, 1.82) is 0 Å². The number of nitrogens with zero attached hydrogens (tertiary/aromatic N) is 1. The molecule has 3 nitrogen and oxygen atoms in total. The Balaban J connectivity index is 0.000000207. The van der Waals surface area contributed by atoms with Crippen LogP contribution in [0, 0.1) is 29.7 Å².